The Morgan fingerprint density at radius 1 is 0.844 bits per heavy atom. The number of carbonyl (C=O) groups excluding carboxylic acids is 3. The summed E-state index contributed by atoms with van der Waals surface area (Å²) in [6.45, 7) is 5.30. The fraction of sp³-hybridized carbons (Fsp3) is 0.533. The van der Waals surface area contributed by atoms with E-state index < -0.39 is 68.7 Å². The number of benzene rings is 3. The molecule has 350 valence electrons. The van der Waals surface area contributed by atoms with E-state index in [1.807, 2.05) is 60.4 Å². The smallest absolute Gasteiger partial charge is 0.411 e. The molecule has 2 bridgehead atoms. The molecule has 0 aromatic heterocycles. The molecule has 4 atom stereocenters. The number of unbranched alkanes of at least 4 members (excludes halogenated alkanes) is 1. The number of ether oxygens (including phenoxy) is 3. The lowest BCUT2D eigenvalue weighted by Crippen LogP contribution is -2.70. The van der Waals surface area contributed by atoms with Crippen LogP contribution in [0, 0.1) is 30.3 Å². The SMILES string of the molecule is Cc1ccccc1CCN(C(=O)C1C(c2ccc(CCCOc3c(F)ccc(F)c3F)cc2)CC2CN(C(=O)OCCCCON(O)O)CC1N2C(=O)OC(C)(C)C(Cl)(Cl)Cl)C1CC1. The van der Waals surface area contributed by atoms with Gasteiger partial charge in [0.25, 0.3) is 0 Å². The number of hydrogen-bond acceptors (Lipinski definition) is 10. The van der Waals surface area contributed by atoms with Gasteiger partial charge in [0.15, 0.2) is 23.0 Å². The van der Waals surface area contributed by atoms with Gasteiger partial charge in [-0.25, -0.2) is 18.4 Å². The van der Waals surface area contributed by atoms with Crippen LogP contribution < -0.4 is 4.74 Å². The predicted octanol–water partition coefficient (Wildman–Crippen LogP) is 9.33. The highest BCUT2D eigenvalue weighted by atomic mass is 35.6. The van der Waals surface area contributed by atoms with Gasteiger partial charge in [-0.05, 0) is 112 Å². The number of rotatable bonds is 18. The van der Waals surface area contributed by atoms with Crippen molar-refractivity contribution >= 4 is 52.9 Å². The first-order valence-corrected chi connectivity index (χ1v) is 22.5. The maximum atomic E-state index is 15.4. The molecule has 0 radical (unpaired) electrons. The lowest BCUT2D eigenvalue weighted by atomic mass is 9.70. The number of piperazine rings is 1. The Labute approximate surface area is 385 Å². The molecule has 3 aliphatic rings. The third kappa shape index (κ3) is 12.2. The lowest BCUT2D eigenvalue weighted by Gasteiger charge is -2.55. The summed E-state index contributed by atoms with van der Waals surface area (Å²) in [5.74, 6) is -5.80. The molecule has 0 spiro atoms. The second-order valence-corrected chi connectivity index (χ2v) is 19.3. The van der Waals surface area contributed by atoms with Crippen molar-refractivity contribution in [1.29, 1.82) is 0 Å². The van der Waals surface area contributed by atoms with Crippen LogP contribution in [0.25, 0.3) is 0 Å². The first-order valence-electron chi connectivity index (χ1n) is 21.4. The van der Waals surface area contributed by atoms with Crippen molar-refractivity contribution in [2.75, 3.05) is 39.5 Å². The molecular formula is C45H54Cl3F3N4O9. The van der Waals surface area contributed by atoms with Gasteiger partial charge in [-0.15, -0.1) is 0 Å². The van der Waals surface area contributed by atoms with E-state index in [0.29, 0.717) is 44.7 Å². The lowest BCUT2D eigenvalue weighted by molar-refractivity contribution is -0.492. The monoisotopic (exact) mass is 956 g/mol. The Hall–Kier alpha value is -4.03. The van der Waals surface area contributed by atoms with E-state index in [0.717, 1.165) is 41.2 Å². The van der Waals surface area contributed by atoms with Gasteiger partial charge in [0, 0.05) is 25.7 Å². The van der Waals surface area contributed by atoms with Crippen molar-refractivity contribution in [3.63, 3.8) is 0 Å². The van der Waals surface area contributed by atoms with Crippen LogP contribution in [-0.2, 0) is 31.9 Å². The van der Waals surface area contributed by atoms with Crippen LogP contribution in [0.5, 0.6) is 5.75 Å². The summed E-state index contributed by atoms with van der Waals surface area (Å²) in [6.07, 6.45) is 2.61. The van der Waals surface area contributed by atoms with E-state index in [9.17, 15) is 22.8 Å². The number of aryl methyl sites for hydroxylation is 2. The van der Waals surface area contributed by atoms with E-state index >= 15 is 4.79 Å². The van der Waals surface area contributed by atoms with E-state index in [2.05, 4.69) is 4.84 Å². The number of piperidine rings is 1. The van der Waals surface area contributed by atoms with Crippen LogP contribution in [0.3, 0.4) is 0 Å². The summed E-state index contributed by atoms with van der Waals surface area (Å²) in [4.78, 5) is 53.0. The highest BCUT2D eigenvalue weighted by molar-refractivity contribution is 6.68. The highest BCUT2D eigenvalue weighted by Gasteiger charge is 2.56. The zero-order chi connectivity index (χ0) is 46.3. The van der Waals surface area contributed by atoms with Gasteiger partial charge in [0.1, 0.15) is 0 Å². The fourth-order valence-electron chi connectivity index (χ4n) is 8.43. The average molecular weight is 958 g/mol. The summed E-state index contributed by atoms with van der Waals surface area (Å²) in [5, 5.41) is 17.2. The predicted molar refractivity (Wildman–Crippen MR) is 231 cm³/mol. The van der Waals surface area contributed by atoms with Crippen molar-refractivity contribution in [1.82, 2.24) is 20.1 Å². The Bertz CT molecular complexity index is 2090. The summed E-state index contributed by atoms with van der Waals surface area (Å²) in [6, 6.07) is 15.6. The van der Waals surface area contributed by atoms with Gasteiger partial charge in [-0.3, -0.25) is 24.9 Å². The van der Waals surface area contributed by atoms with Gasteiger partial charge in [0.2, 0.25) is 15.5 Å². The topological polar surface area (TPSA) is 142 Å². The molecule has 3 fully saturated rings. The minimum Gasteiger partial charge on any atom is -0.488 e. The first-order chi connectivity index (χ1) is 30.4. The van der Waals surface area contributed by atoms with Crippen LogP contribution in [0.1, 0.15) is 80.5 Å². The Morgan fingerprint density at radius 3 is 2.20 bits per heavy atom. The van der Waals surface area contributed by atoms with E-state index in [1.54, 1.807) is 0 Å². The Morgan fingerprint density at radius 2 is 1.53 bits per heavy atom. The fourth-order valence-corrected chi connectivity index (χ4v) is 8.55. The molecule has 4 unspecified atom stereocenters. The molecule has 3 amide bonds. The second-order valence-electron chi connectivity index (χ2n) is 17.0. The first kappa shape index (κ1) is 49.4. The molecule has 19 heteroatoms. The minimum atomic E-state index is -2.00. The third-order valence-corrected chi connectivity index (χ3v) is 13.5. The van der Waals surface area contributed by atoms with Crippen molar-refractivity contribution in [3.05, 3.63) is 100 Å². The van der Waals surface area contributed by atoms with Gasteiger partial charge in [-0.1, -0.05) is 83.3 Å². The highest BCUT2D eigenvalue weighted by Crippen LogP contribution is 2.47. The zero-order valence-corrected chi connectivity index (χ0v) is 38.1. The van der Waals surface area contributed by atoms with Crippen molar-refractivity contribution in [2.24, 2.45) is 5.92 Å². The number of likely N-dealkylation sites (tertiary alicyclic amines) is 1. The quantitative estimate of drug-likeness (QED) is 0.0549. The normalized spacial score (nSPS) is 20.0. The van der Waals surface area contributed by atoms with Gasteiger partial charge >= 0.3 is 12.2 Å². The molecule has 2 heterocycles. The Kier molecular flexibility index (Phi) is 16.6. The van der Waals surface area contributed by atoms with E-state index in [4.69, 9.17) is 59.4 Å². The van der Waals surface area contributed by atoms with E-state index in [1.165, 1.54) is 23.6 Å². The van der Waals surface area contributed by atoms with Crippen molar-refractivity contribution < 1.29 is 57.0 Å². The number of carbonyl (C=O) groups is 3. The van der Waals surface area contributed by atoms with Crippen molar-refractivity contribution in [2.45, 2.75) is 106 Å². The molecule has 1 aliphatic carbocycles. The molecule has 2 N–H and O–H groups in total. The summed E-state index contributed by atoms with van der Waals surface area (Å²) >= 11 is 18.8. The van der Waals surface area contributed by atoms with Crippen LogP contribution in [0.2, 0.25) is 0 Å². The number of amides is 3. The average Bonchev–Trinajstić information content (AvgIpc) is 4.08. The maximum absolute atomic E-state index is 15.4. The van der Waals surface area contributed by atoms with Gasteiger partial charge in [0.05, 0.1) is 43.2 Å². The van der Waals surface area contributed by atoms with Crippen LogP contribution in [0.4, 0.5) is 22.8 Å². The molecule has 6 rings (SSSR count). The largest absolute Gasteiger partial charge is 0.488 e. The second kappa shape index (κ2) is 21.5. The molecule has 64 heavy (non-hydrogen) atoms. The molecule has 13 nitrogen and oxygen atoms in total. The van der Waals surface area contributed by atoms with Crippen LogP contribution >= 0.6 is 34.8 Å². The van der Waals surface area contributed by atoms with Crippen LogP contribution in [0.15, 0.2) is 60.7 Å². The molecule has 3 aromatic carbocycles. The van der Waals surface area contributed by atoms with Gasteiger partial charge in [-0.2, -0.15) is 4.39 Å². The minimum absolute atomic E-state index is 0.00444. The molecule has 2 aliphatic heterocycles. The molecule has 3 aromatic rings. The number of halogens is 6. The maximum Gasteiger partial charge on any atom is 0.411 e. The molecular weight excluding hydrogens is 904 g/mol. The zero-order valence-electron chi connectivity index (χ0n) is 35.9. The van der Waals surface area contributed by atoms with Crippen molar-refractivity contribution in [3.8, 4) is 5.75 Å². The van der Waals surface area contributed by atoms with Gasteiger partial charge < -0.3 is 24.0 Å². The molecule has 1 saturated carbocycles. The number of alkyl halides is 3. The third-order valence-electron chi connectivity index (χ3n) is 12.1. The number of fused-ring (bicyclic) bond motifs is 2. The summed E-state index contributed by atoms with van der Waals surface area (Å²) < 4.78 is 56.7. The summed E-state index contributed by atoms with van der Waals surface area (Å²) in [5.41, 5.74) is 2.35. The Balaban J connectivity index is 1.28. The van der Waals surface area contributed by atoms with E-state index in [-0.39, 0.29) is 56.7 Å². The number of hydrogen-bond donors (Lipinski definition) is 2. The van der Waals surface area contributed by atoms with Crippen LogP contribution in [-0.4, -0.2) is 116 Å². The standard InChI is InChI=1S/C45H54Cl3F3N4O9/c1-28-9-4-5-11-30(28)20-21-53(32-16-17-32)41(56)38-34(31-14-12-29(13-15-31)10-8-23-61-40-36(50)19-18-35(49)39(40)51)25-33-26-52(42(57)62-22-6-7-24-63-55(59)60)27-37(38)54(33)43(58)64-44(2,3)45(46,47)48/h4-5,9,11-15,18-19,32-34,37-38,59-60H,6-8,10,16-17,20-27H2,1-3H3. The number of nitrogens with zero attached hydrogens (tertiary/aromatic N) is 4. The summed E-state index contributed by atoms with van der Waals surface area (Å²) in [7, 11) is 0. The molecule has 2 saturated heterocycles.